The van der Waals surface area contributed by atoms with Gasteiger partial charge in [-0.05, 0) is 43.3 Å². The zero-order valence-electron chi connectivity index (χ0n) is 14.3. The van der Waals surface area contributed by atoms with Crippen LogP contribution in [0, 0.1) is 11.3 Å². The van der Waals surface area contributed by atoms with Crippen molar-refractivity contribution in [3.63, 3.8) is 0 Å². The van der Waals surface area contributed by atoms with Crippen LogP contribution in [0.1, 0.15) is 23.0 Å². The van der Waals surface area contributed by atoms with Gasteiger partial charge in [-0.25, -0.2) is 9.48 Å². The maximum Gasteiger partial charge on any atom is 0.361 e. The maximum absolute atomic E-state index is 12.3. The van der Waals surface area contributed by atoms with Gasteiger partial charge in [0.25, 0.3) is 0 Å². The Morgan fingerprint density at radius 1 is 1.15 bits per heavy atom. The van der Waals surface area contributed by atoms with Gasteiger partial charge in [0.1, 0.15) is 11.4 Å². The van der Waals surface area contributed by atoms with Crippen molar-refractivity contribution < 1.29 is 14.3 Å². The second kappa shape index (κ2) is 7.49. The van der Waals surface area contributed by atoms with Gasteiger partial charge in [-0.3, -0.25) is 0 Å². The Kier molecular flexibility index (Phi) is 4.94. The summed E-state index contributed by atoms with van der Waals surface area (Å²) in [7, 11) is 1.59. The van der Waals surface area contributed by atoms with Gasteiger partial charge in [-0.15, -0.1) is 5.10 Å². The minimum atomic E-state index is -0.549. The quantitative estimate of drug-likeness (QED) is 0.659. The van der Waals surface area contributed by atoms with E-state index in [2.05, 4.69) is 16.4 Å². The van der Waals surface area contributed by atoms with Crippen molar-refractivity contribution in [3.05, 3.63) is 59.8 Å². The molecule has 0 fully saturated rings. The molecule has 0 amide bonds. The molecule has 0 aliphatic rings. The molecule has 7 nitrogen and oxygen atoms in total. The summed E-state index contributed by atoms with van der Waals surface area (Å²) in [6.45, 7) is 1.97. The summed E-state index contributed by atoms with van der Waals surface area (Å²) in [4.78, 5) is 12.3. The Bertz CT molecular complexity index is 954. The number of carbonyl (C=O) groups excluding carboxylic acids is 1. The standard InChI is InChI=1S/C19H16N4O3/c1-3-26-19(24)17-18(14-6-4-13(12-20)5-7-14)23(22-21-17)15-8-10-16(25-2)11-9-15/h4-11H,3H2,1-2H3. The number of carbonyl (C=O) groups is 1. The van der Waals surface area contributed by atoms with Gasteiger partial charge in [-0.2, -0.15) is 5.26 Å². The van der Waals surface area contributed by atoms with E-state index >= 15 is 0 Å². The summed E-state index contributed by atoms with van der Waals surface area (Å²) in [5.74, 6) is 0.158. The number of ether oxygens (including phenoxy) is 2. The highest BCUT2D eigenvalue weighted by Crippen LogP contribution is 2.27. The fourth-order valence-corrected chi connectivity index (χ4v) is 2.48. The molecule has 0 aliphatic carbocycles. The van der Waals surface area contributed by atoms with Gasteiger partial charge in [0.05, 0.1) is 31.0 Å². The molecule has 1 aromatic heterocycles. The minimum absolute atomic E-state index is 0.118. The molecule has 0 bridgehead atoms. The molecule has 0 saturated carbocycles. The molecule has 0 atom stereocenters. The van der Waals surface area contributed by atoms with Crippen LogP contribution < -0.4 is 4.74 Å². The number of methoxy groups -OCH3 is 1. The Balaban J connectivity index is 2.14. The number of hydrogen-bond acceptors (Lipinski definition) is 6. The van der Waals surface area contributed by atoms with E-state index in [0.29, 0.717) is 28.3 Å². The van der Waals surface area contributed by atoms with Gasteiger partial charge in [-0.1, -0.05) is 17.3 Å². The van der Waals surface area contributed by atoms with Crippen LogP contribution in [0.4, 0.5) is 0 Å². The van der Waals surface area contributed by atoms with Crippen LogP contribution in [0.25, 0.3) is 16.9 Å². The Morgan fingerprint density at radius 3 is 2.42 bits per heavy atom. The second-order valence-corrected chi connectivity index (χ2v) is 5.31. The lowest BCUT2D eigenvalue weighted by Gasteiger charge is -2.09. The van der Waals surface area contributed by atoms with Gasteiger partial charge in [0.2, 0.25) is 0 Å². The first kappa shape index (κ1) is 17.2. The first-order chi connectivity index (χ1) is 12.7. The molecule has 0 saturated heterocycles. The van der Waals surface area contributed by atoms with E-state index in [0.717, 1.165) is 0 Å². The second-order valence-electron chi connectivity index (χ2n) is 5.31. The summed E-state index contributed by atoms with van der Waals surface area (Å²) in [5.41, 5.74) is 2.56. The van der Waals surface area contributed by atoms with Crippen LogP contribution in [0.15, 0.2) is 48.5 Å². The molecule has 3 rings (SSSR count). The lowest BCUT2D eigenvalue weighted by Crippen LogP contribution is -2.08. The number of esters is 1. The van der Waals surface area contributed by atoms with E-state index < -0.39 is 5.97 Å². The van der Waals surface area contributed by atoms with Gasteiger partial charge in [0.15, 0.2) is 5.69 Å². The Morgan fingerprint density at radius 2 is 1.85 bits per heavy atom. The van der Waals surface area contributed by atoms with E-state index in [-0.39, 0.29) is 12.3 Å². The number of nitrogens with zero attached hydrogens (tertiary/aromatic N) is 4. The van der Waals surface area contributed by atoms with Gasteiger partial charge >= 0.3 is 5.97 Å². The molecule has 0 aliphatic heterocycles. The first-order valence-electron chi connectivity index (χ1n) is 7.95. The van der Waals surface area contributed by atoms with Crippen LogP contribution in [0.3, 0.4) is 0 Å². The number of nitriles is 1. The molecule has 3 aromatic rings. The molecule has 130 valence electrons. The van der Waals surface area contributed by atoms with Crippen molar-refractivity contribution in [1.29, 1.82) is 5.26 Å². The molecule has 7 heteroatoms. The zero-order valence-corrected chi connectivity index (χ0v) is 14.3. The smallest absolute Gasteiger partial charge is 0.361 e. The average Bonchev–Trinajstić information content (AvgIpc) is 3.13. The van der Waals surface area contributed by atoms with Crippen LogP contribution in [-0.2, 0) is 4.74 Å². The number of benzene rings is 2. The molecule has 0 spiro atoms. The topological polar surface area (TPSA) is 90.0 Å². The highest BCUT2D eigenvalue weighted by Gasteiger charge is 2.23. The average molecular weight is 348 g/mol. The third-order valence-electron chi connectivity index (χ3n) is 3.74. The fraction of sp³-hybridized carbons (Fsp3) is 0.158. The van der Waals surface area contributed by atoms with Crippen LogP contribution in [0.2, 0.25) is 0 Å². The maximum atomic E-state index is 12.3. The molecule has 0 unspecified atom stereocenters. The van der Waals surface area contributed by atoms with E-state index in [1.807, 2.05) is 12.1 Å². The number of aromatic nitrogens is 3. The van der Waals surface area contributed by atoms with Crippen molar-refractivity contribution in [2.24, 2.45) is 0 Å². The SMILES string of the molecule is CCOC(=O)c1nnn(-c2ccc(OC)cc2)c1-c1ccc(C#N)cc1. The van der Waals surface area contributed by atoms with Crippen molar-refractivity contribution in [3.8, 4) is 28.8 Å². The summed E-state index contributed by atoms with van der Waals surface area (Å²) in [6, 6.07) is 16.1. The largest absolute Gasteiger partial charge is 0.497 e. The highest BCUT2D eigenvalue weighted by molar-refractivity contribution is 5.94. The summed E-state index contributed by atoms with van der Waals surface area (Å²) in [5, 5.41) is 17.1. The Hall–Kier alpha value is -3.66. The molecule has 1 heterocycles. The molecular formula is C19H16N4O3. The molecular weight excluding hydrogens is 332 g/mol. The number of rotatable bonds is 5. The van der Waals surface area contributed by atoms with E-state index in [4.69, 9.17) is 14.7 Å². The predicted molar refractivity (Wildman–Crippen MR) is 94.0 cm³/mol. The van der Waals surface area contributed by atoms with E-state index in [1.165, 1.54) is 0 Å². The van der Waals surface area contributed by atoms with Gasteiger partial charge < -0.3 is 9.47 Å². The Labute approximate surface area is 150 Å². The van der Waals surface area contributed by atoms with Crippen LogP contribution in [0.5, 0.6) is 5.75 Å². The van der Waals surface area contributed by atoms with E-state index in [9.17, 15) is 4.79 Å². The molecule has 2 aromatic carbocycles. The third kappa shape index (κ3) is 3.26. The predicted octanol–water partition coefficient (Wildman–Crippen LogP) is 2.99. The first-order valence-corrected chi connectivity index (χ1v) is 7.95. The van der Waals surface area contributed by atoms with Crippen molar-refractivity contribution >= 4 is 5.97 Å². The summed E-state index contributed by atoms with van der Waals surface area (Å²) < 4.78 is 11.8. The lowest BCUT2D eigenvalue weighted by molar-refractivity contribution is 0.0520. The summed E-state index contributed by atoms with van der Waals surface area (Å²) in [6.07, 6.45) is 0. The van der Waals surface area contributed by atoms with Gasteiger partial charge in [0, 0.05) is 5.56 Å². The molecule has 0 N–H and O–H groups in total. The minimum Gasteiger partial charge on any atom is -0.497 e. The van der Waals surface area contributed by atoms with E-state index in [1.54, 1.807) is 55.1 Å². The third-order valence-corrected chi connectivity index (χ3v) is 3.74. The van der Waals surface area contributed by atoms with Crippen molar-refractivity contribution in [2.75, 3.05) is 13.7 Å². The normalized spacial score (nSPS) is 10.2. The monoisotopic (exact) mass is 348 g/mol. The molecule has 26 heavy (non-hydrogen) atoms. The lowest BCUT2D eigenvalue weighted by atomic mass is 10.1. The summed E-state index contributed by atoms with van der Waals surface area (Å²) >= 11 is 0. The van der Waals surface area contributed by atoms with Crippen molar-refractivity contribution in [2.45, 2.75) is 6.92 Å². The zero-order chi connectivity index (χ0) is 18.5. The van der Waals surface area contributed by atoms with Crippen molar-refractivity contribution in [1.82, 2.24) is 15.0 Å². The van der Waals surface area contributed by atoms with Crippen LogP contribution in [-0.4, -0.2) is 34.7 Å². The number of hydrogen-bond donors (Lipinski definition) is 0. The van der Waals surface area contributed by atoms with Crippen LogP contribution >= 0.6 is 0 Å². The molecule has 0 radical (unpaired) electrons. The highest BCUT2D eigenvalue weighted by atomic mass is 16.5. The fourth-order valence-electron chi connectivity index (χ4n) is 2.48.